The Morgan fingerprint density at radius 3 is 2.60 bits per heavy atom. The monoisotopic (exact) mass is 593 g/mol. The summed E-state index contributed by atoms with van der Waals surface area (Å²) in [4.78, 5) is 20.3. The number of sulfonamides is 1. The van der Waals surface area contributed by atoms with Crippen LogP contribution in [0.1, 0.15) is 18.1 Å². The molecule has 0 radical (unpaired) electrons. The van der Waals surface area contributed by atoms with E-state index in [1.807, 2.05) is 4.90 Å². The molecule has 0 bridgehead atoms. The smallest absolute Gasteiger partial charge is 0.229 e. The predicted octanol–water partition coefficient (Wildman–Crippen LogP) is 4.72. The van der Waals surface area contributed by atoms with Crippen molar-refractivity contribution in [3.63, 3.8) is 0 Å². The number of nitrogens with zero attached hydrogens (tertiary/aromatic N) is 5. The molecule has 1 aliphatic heterocycles. The van der Waals surface area contributed by atoms with E-state index in [1.165, 1.54) is 6.07 Å². The average Bonchev–Trinajstić information content (AvgIpc) is 2.94. The summed E-state index contributed by atoms with van der Waals surface area (Å²) >= 11 is 0. The lowest BCUT2D eigenvalue weighted by atomic mass is 10.0. The molecule has 3 aromatic heterocycles. The van der Waals surface area contributed by atoms with Gasteiger partial charge in [-0.3, -0.25) is 9.71 Å². The molecule has 0 spiro atoms. The molecule has 13 heteroatoms. The Morgan fingerprint density at radius 2 is 1.90 bits per heavy atom. The van der Waals surface area contributed by atoms with E-state index < -0.39 is 21.7 Å². The second-order valence-electron chi connectivity index (χ2n) is 9.84. The third kappa shape index (κ3) is 6.37. The zero-order valence-electron chi connectivity index (χ0n) is 23.3. The Kier molecular flexibility index (Phi) is 8.14. The number of aromatic nitrogens is 4. The first-order valence-corrected chi connectivity index (χ1v) is 14.9. The van der Waals surface area contributed by atoms with E-state index in [4.69, 9.17) is 9.72 Å². The lowest BCUT2D eigenvalue weighted by Crippen LogP contribution is -2.37. The molecule has 218 valence electrons. The first kappa shape index (κ1) is 29.0. The van der Waals surface area contributed by atoms with Crippen LogP contribution in [0.3, 0.4) is 0 Å². The van der Waals surface area contributed by atoms with Crippen LogP contribution in [-0.4, -0.2) is 60.9 Å². The van der Waals surface area contributed by atoms with Gasteiger partial charge in [0.1, 0.15) is 17.5 Å². The Bertz CT molecular complexity index is 1810. The Balaban J connectivity index is 1.70. The number of rotatable bonds is 8. The highest BCUT2D eigenvalue weighted by molar-refractivity contribution is 7.88. The predicted molar refractivity (Wildman–Crippen MR) is 159 cm³/mol. The maximum Gasteiger partial charge on any atom is 0.229 e. The molecule has 2 N–H and O–H groups in total. The molecule has 1 aromatic carbocycles. The topological polar surface area (TPSA) is 122 Å². The van der Waals surface area contributed by atoms with Gasteiger partial charge in [0.25, 0.3) is 0 Å². The van der Waals surface area contributed by atoms with E-state index in [1.54, 1.807) is 50.5 Å². The zero-order valence-corrected chi connectivity index (χ0v) is 24.1. The van der Waals surface area contributed by atoms with Crippen LogP contribution in [0.25, 0.3) is 27.9 Å². The quantitative estimate of drug-likeness (QED) is 0.280. The molecular weight excluding hydrogens is 564 g/mol. The molecule has 10 nitrogen and oxygen atoms in total. The van der Waals surface area contributed by atoms with E-state index in [9.17, 15) is 12.8 Å². The van der Waals surface area contributed by atoms with Crippen molar-refractivity contribution >= 4 is 44.0 Å². The number of morpholine rings is 1. The van der Waals surface area contributed by atoms with Gasteiger partial charge in [-0.1, -0.05) is 12.6 Å². The average molecular weight is 594 g/mol. The standard InChI is InChI=1S/C29H29F2N7O3S/c1-17(13-18(2)37-42(4,39)40)21-16-33-29(38-9-11-41-12-10-38)36-28(21)35-27-19(3)26(23-7-5-6-8-32-23)34-24-15-20(30)14-22(31)25(24)27/h5-8,13-16,37H,2,9-12H2,1,3-4H3,(H,33,34,35,36). The first-order valence-electron chi connectivity index (χ1n) is 13.0. The van der Waals surface area contributed by atoms with Crippen molar-refractivity contribution in [1.82, 2.24) is 24.7 Å². The number of nitrogens with one attached hydrogen (secondary N) is 2. The first-order chi connectivity index (χ1) is 20.0. The molecule has 0 saturated carbocycles. The number of halogens is 2. The van der Waals surface area contributed by atoms with Gasteiger partial charge < -0.3 is 15.0 Å². The minimum atomic E-state index is -3.55. The summed E-state index contributed by atoms with van der Waals surface area (Å²) in [6.07, 6.45) is 5.80. The summed E-state index contributed by atoms with van der Waals surface area (Å²) < 4.78 is 61.0. The highest BCUT2D eigenvalue weighted by Crippen LogP contribution is 2.38. The summed E-state index contributed by atoms with van der Waals surface area (Å²) in [6.45, 7) is 9.49. The number of hydrogen-bond acceptors (Lipinski definition) is 9. The maximum atomic E-state index is 15.4. The van der Waals surface area contributed by atoms with Gasteiger partial charge >= 0.3 is 0 Å². The molecule has 4 aromatic rings. The minimum Gasteiger partial charge on any atom is -0.378 e. The molecule has 0 aliphatic carbocycles. The fraction of sp³-hybridized carbons (Fsp3) is 0.241. The number of pyridine rings is 2. The molecular formula is C29H29F2N7O3S. The number of hydrogen-bond donors (Lipinski definition) is 2. The van der Waals surface area contributed by atoms with Gasteiger partial charge in [0.15, 0.2) is 0 Å². The van der Waals surface area contributed by atoms with Crippen LogP contribution < -0.4 is 14.9 Å². The van der Waals surface area contributed by atoms with Crippen molar-refractivity contribution in [2.75, 3.05) is 42.8 Å². The van der Waals surface area contributed by atoms with Gasteiger partial charge in [-0.05, 0) is 37.6 Å². The van der Waals surface area contributed by atoms with Crippen molar-refractivity contribution in [1.29, 1.82) is 0 Å². The summed E-state index contributed by atoms with van der Waals surface area (Å²) in [6, 6.07) is 7.30. The van der Waals surface area contributed by atoms with Crippen LogP contribution >= 0.6 is 0 Å². The Labute approximate surface area is 242 Å². The summed E-state index contributed by atoms with van der Waals surface area (Å²) in [5.74, 6) is -0.809. The third-order valence-electron chi connectivity index (χ3n) is 6.60. The van der Waals surface area contributed by atoms with Crippen LogP contribution in [0.2, 0.25) is 0 Å². The second-order valence-corrected chi connectivity index (χ2v) is 11.6. The van der Waals surface area contributed by atoms with E-state index in [0.717, 1.165) is 12.3 Å². The molecule has 0 atom stereocenters. The van der Waals surface area contributed by atoms with Crippen molar-refractivity contribution in [2.24, 2.45) is 0 Å². The molecule has 0 amide bonds. The molecule has 42 heavy (non-hydrogen) atoms. The maximum absolute atomic E-state index is 15.4. The van der Waals surface area contributed by atoms with Crippen molar-refractivity contribution in [2.45, 2.75) is 13.8 Å². The van der Waals surface area contributed by atoms with Crippen LogP contribution in [0, 0.1) is 18.6 Å². The number of ether oxygens (including phenoxy) is 1. The third-order valence-corrected chi connectivity index (χ3v) is 7.23. The Hall–Kier alpha value is -4.49. The number of fused-ring (bicyclic) bond motifs is 1. The minimum absolute atomic E-state index is 0.0795. The lowest BCUT2D eigenvalue weighted by molar-refractivity contribution is 0.122. The van der Waals surface area contributed by atoms with E-state index in [-0.39, 0.29) is 16.6 Å². The summed E-state index contributed by atoms with van der Waals surface area (Å²) in [7, 11) is -3.55. The molecule has 1 saturated heterocycles. The van der Waals surface area contributed by atoms with E-state index >= 15 is 4.39 Å². The molecule has 5 rings (SSSR count). The number of allylic oxidation sites excluding steroid dienone is 2. The van der Waals surface area contributed by atoms with Crippen LogP contribution in [0.15, 0.2) is 61.1 Å². The molecule has 0 unspecified atom stereocenters. The fourth-order valence-corrected chi connectivity index (χ4v) is 5.25. The van der Waals surface area contributed by atoms with Crippen molar-refractivity contribution in [3.05, 3.63) is 83.8 Å². The SMILES string of the molecule is C=C(C=C(C)c1cnc(N2CCOCC2)nc1Nc1c(C)c(-c2ccccn2)nc2cc(F)cc(F)c12)NS(C)(=O)=O. The van der Waals surface area contributed by atoms with Crippen molar-refractivity contribution < 1.29 is 21.9 Å². The summed E-state index contributed by atoms with van der Waals surface area (Å²) in [5.41, 5.74) is 3.19. The highest BCUT2D eigenvalue weighted by atomic mass is 32.2. The lowest BCUT2D eigenvalue weighted by Gasteiger charge is -2.27. The van der Waals surface area contributed by atoms with Gasteiger partial charge in [-0.25, -0.2) is 27.2 Å². The second kappa shape index (κ2) is 11.8. The van der Waals surface area contributed by atoms with E-state index in [2.05, 4.69) is 31.6 Å². The zero-order chi connectivity index (χ0) is 30.0. The van der Waals surface area contributed by atoms with Crippen LogP contribution in [0.5, 0.6) is 0 Å². The van der Waals surface area contributed by atoms with Gasteiger partial charge in [0.05, 0.1) is 47.4 Å². The van der Waals surface area contributed by atoms with Gasteiger partial charge in [-0.2, -0.15) is 4.98 Å². The van der Waals surface area contributed by atoms with Gasteiger partial charge in [0.2, 0.25) is 16.0 Å². The summed E-state index contributed by atoms with van der Waals surface area (Å²) in [5, 5.41) is 3.37. The van der Waals surface area contributed by atoms with Gasteiger partial charge in [-0.15, -0.1) is 0 Å². The fourth-order valence-electron chi connectivity index (χ4n) is 4.71. The molecule has 4 heterocycles. The van der Waals surface area contributed by atoms with E-state index in [0.29, 0.717) is 71.8 Å². The van der Waals surface area contributed by atoms with Gasteiger partial charge in [0, 0.05) is 54.4 Å². The largest absolute Gasteiger partial charge is 0.378 e. The molecule has 1 aliphatic rings. The van der Waals surface area contributed by atoms with Crippen LogP contribution in [0.4, 0.5) is 26.2 Å². The normalized spacial score (nSPS) is 14.2. The number of benzene rings is 1. The van der Waals surface area contributed by atoms with Crippen LogP contribution in [-0.2, 0) is 14.8 Å². The number of anilines is 3. The van der Waals surface area contributed by atoms with Crippen molar-refractivity contribution in [3.8, 4) is 11.4 Å². The molecule has 1 fully saturated rings. The Morgan fingerprint density at radius 1 is 1.14 bits per heavy atom. The highest BCUT2D eigenvalue weighted by Gasteiger charge is 2.22.